The molecule has 2 heterocycles. The lowest BCUT2D eigenvalue weighted by molar-refractivity contribution is 0.197. The standard InChI is InChI=1S/C29H26BrN3O4/c1-29(2,3)17-36-23-13-12-19(30)14-18(23)16-31-33-27(32-22-9-6-5-8-20(22)28(33)34)26-15-21-24(35-4)10-7-11-25(21)37-26/h5-16H,17H2,1-4H3. The lowest BCUT2D eigenvalue weighted by Crippen LogP contribution is -2.20. The number of methoxy groups -OCH3 is 1. The van der Waals surface area contributed by atoms with Gasteiger partial charge in [-0.2, -0.15) is 9.78 Å². The Bertz CT molecular complexity index is 1700. The van der Waals surface area contributed by atoms with Crippen LogP contribution < -0.4 is 15.0 Å². The van der Waals surface area contributed by atoms with Gasteiger partial charge in [-0.15, -0.1) is 0 Å². The van der Waals surface area contributed by atoms with E-state index in [0.29, 0.717) is 40.4 Å². The number of benzene rings is 3. The number of ether oxygens (including phenoxy) is 2. The highest BCUT2D eigenvalue weighted by atomic mass is 79.9. The lowest BCUT2D eigenvalue weighted by atomic mass is 9.99. The summed E-state index contributed by atoms with van der Waals surface area (Å²) < 4.78 is 19.8. The summed E-state index contributed by atoms with van der Waals surface area (Å²) in [6.45, 7) is 6.84. The molecule has 3 aromatic carbocycles. The van der Waals surface area contributed by atoms with Crippen molar-refractivity contribution in [3.8, 4) is 23.1 Å². The van der Waals surface area contributed by atoms with Crippen LogP contribution in [0.3, 0.4) is 0 Å². The molecule has 0 saturated heterocycles. The molecule has 0 saturated carbocycles. The van der Waals surface area contributed by atoms with E-state index in [-0.39, 0.29) is 16.8 Å². The molecule has 0 bridgehead atoms. The molecule has 0 unspecified atom stereocenters. The molecular formula is C29H26BrN3O4. The summed E-state index contributed by atoms with van der Waals surface area (Å²) in [7, 11) is 1.60. The van der Waals surface area contributed by atoms with Gasteiger partial charge >= 0.3 is 0 Å². The largest absolute Gasteiger partial charge is 0.496 e. The normalized spacial score (nSPS) is 12.0. The van der Waals surface area contributed by atoms with Crippen molar-refractivity contribution in [1.82, 2.24) is 9.66 Å². The van der Waals surface area contributed by atoms with Crippen molar-refractivity contribution in [3.63, 3.8) is 0 Å². The van der Waals surface area contributed by atoms with Crippen LogP contribution in [0.1, 0.15) is 26.3 Å². The molecule has 0 aliphatic carbocycles. The molecule has 0 radical (unpaired) electrons. The molecule has 0 aliphatic heterocycles. The second kappa shape index (κ2) is 9.86. The van der Waals surface area contributed by atoms with Crippen LogP contribution in [0.2, 0.25) is 0 Å². The summed E-state index contributed by atoms with van der Waals surface area (Å²) in [5, 5.41) is 5.82. The van der Waals surface area contributed by atoms with Crippen LogP contribution >= 0.6 is 15.9 Å². The van der Waals surface area contributed by atoms with E-state index in [9.17, 15) is 4.79 Å². The minimum atomic E-state index is -0.309. The number of aromatic nitrogens is 2. The minimum Gasteiger partial charge on any atom is -0.496 e. The van der Waals surface area contributed by atoms with Crippen LogP contribution in [0.5, 0.6) is 11.5 Å². The molecule has 8 heteroatoms. The molecule has 0 N–H and O–H groups in total. The van der Waals surface area contributed by atoms with E-state index < -0.39 is 0 Å². The molecule has 5 rings (SSSR count). The van der Waals surface area contributed by atoms with E-state index in [4.69, 9.17) is 18.9 Å². The molecule has 0 spiro atoms. The minimum absolute atomic E-state index is 0.0176. The number of rotatable bonds is 6. The van der Waals surface area contributed by atoms with Crippen LogP contribution in [0.4, 0.5) is 0 Å². The summed E-state index contributed by atoms with van der Waals surface area (Å²) in [6, 6.07) is 20.2. The van der Waals surface area contributed by atoms with Crippen LogP contribution in [-0.2, 0) is 0 Å². The number of furan rings is 1. The first-order valence-corrected chi connectivity index (χ1v) is 12.6. The second-order valence-electron chi connectivity index (χ2n) is 9.83. The Hall–Kier alpha value is -3.91. The number of nitrogens with zero attached hydrogens (tertiary/aromatic N) is 3. The maximum Gasteiger partial charge on any atom is 0.282 e. The third kappa shape index (κ3) is 5.15. The Morgan fingerprint density at radius 2 is 1.84 bits per heavy atom. The first kappa shape index (κ1) is 24.8. The molecule has 0 amide bonds. The van der Waals surface area contributed by atoms with Gasteiger partial charge in [0.1, 0.15) is 17.1 Å². The van der Waals surface area contributed by atoms with Crippen LogP contribution in [-0.4, -0.2) is 29.6 Å². The van der Waals surface area contributed by atoms with Gasteiger partial charge in [-0.25, -0.2) is 4.98 Å². The van der Waals surface area contributed by atoms with E-state index in [1.165, 1.54) is 4.68 Å². The van der Waals surface area contributed by atoms with Gasteiger partial charge in [-0.3, -0.25) is 4.79 Å². The number of fused-ring (bicyclic) bond motifs is 2. The summed E-state index contributed by atoms with van der Waals surface area (Å²) in [5.41, 5.74) is 1.57. The Morgan fingerprint density at radius 1 is 1.03 bits per heavy atom. The molecule has 0 atom stereocenters. The van der Waals surface area contributed by atoms with Crippen molar-refractivity contribution >= 4 is 44.0 Å². The van der Waals surface area contributed by atoms with E-state index in [1.807, 2.05) is 48.5 Å². The van der Waals surface area contributed by atoms with Crippen LogP contribution in [0.25, 0.3) is 33.5 Å². The molecule has 7 nitrogen and oxygen atoms in total. The van der Waals surface area contributed by atoms with Gasteiger partial charge in [-0.05, 0) is 53.9 Å². The number of hydrogen-bond acceptors (Lipinski definition) is 6. The molecule has 5 aromatic rings. The molecule has 0 aliphatic rings. The van der Waals surface area contributed by atoms with Gasteiger partial charge in [-0.1, -0.05) is 54.9 Å². The Labute approximate surface area is 222 Å². The van der Waals surface area contributed by atoms with Gasteiger partial charge < -0.3 is 13.9 Å². The lowest BCUT2D eigenvalue weighted by Gasteiger charge is -2.19. The molecular weight excluding hydrogens is 534 g/mol. The third-order valence-electron chi connectivity index (χ3n) is 5.66. The predicted molar refractivity (Wildman–Crippen MR) is 150 cm³/mol. The van der Waals surface area contributed by atoms with Crippen LogP contribution in [0, 0.1) is 5.41 Å². The Kier molecular flexibility index (Phi) is 6.60. The van der Waals surface area contributed by atoms with Gasteiger partial charge in [0, 0.05) is 10.0 Å². The predicted octanol–water partition coefficient (Wildman–Crippen LogP) is 6.89. The van der Waals surface area contributed by atoms with Gasteiger partial charge in [0.05, 0.1) is 36.2 Å². The molecule has 0 fully saturated rings. The zero-order valence-corrected chi connectivity index (χ0v) is 22.6. The summed E-state index contributed by atoms with van der Waals surface area (Å²) in [5.74, 6) is 2.02. The van der Waals surface area contributed by atoms with Gasteiger partial charge in [0.25, 0.3) is 5.56 Å². The average Bonchev–Trinajstić information content (AvgIpc) is 3.31. The van der Waals surface area contributed by atoms with Gasteiger partial charge in [0.15, 0.2) is 5.76 Å². The molecule has 2 aromatic heterocycles. The number of hydrogen-bond donors (Lipinski definition) is 0. The maximum absolute atomic E-state index is 13.6. The van der Waals surface area contributed by atoms with Crippen molar-refractivity contribution in [2.24, 2.45) is 10.5 Å². The van der Waals surface area contributed by atoms with E-state index in [2.05, 4.69) is 41.8 Å². The zero-order chi connectivity index (χ0) is 26.2. The zero-order valence-electron chi connectivity index (χ0n) is 21.0. The van der Waals surface area contributed by atoms with Gasteiger partial charge in [0.2, 0.25) is 5.82 Å². The highest BCUT2D eigenvalue weighted by molar-refractivity contribution is 9.10. The third-order valence-corrected chi connectivity index (χ3v) is 6.15. The summed E-state index contributed by atoms with van der Waals surface area (Å²) in [4.78, 5) is 18.3. The van der Waals surface area contributed by atoms with E-state index in [1.54, 1.807) is 31.5 Å². The highest BCUT2D eigenvalue weighted by Gasteiger charge is 2.18. The average molecular weight is 560 g/mol. The van der Waals surface area contributed by atoms with E-state index >= 15 is 0 Å². The summed E-state index contributed by atoms with van der Waals surface area (Å²) in [6.07, 6.45) is 1.60. The van der Waals surface area contributed by atoms with Crippen molar-refractivity contribution in [1.29, 1.82) is 0 Å². The second-order valence-corrected chi connectivity index (χ2v) is 10.7. The fraction of sp³-hybridized carbons (Fsp3) is 0.207. The Balaban J connectivity index is 1.67. The fourth-order valence-corrected chi connectivity index (χ4v) is 4.26. The topological polar surface area (TPSA) is 78.9 Å². The first-order valence-electron chi connectivity index (χ1n) is 11.8. The fourth-order valence-electron chi connectivity index (χ4n) is 3.88. The Morgan fingerprint density at radius 3 is 2.62 bits per heavy atom. The monoisotopic (exact) mass is 559 g/mol. The summed E-state index contributed by atoms with van der Waals surface area (Å²) >= 11 is 3.52. The SMILES string of the molecule is COc1cccc2oc(-c3nc4ccccc4c(=O)n3N=Cc3cc(Br)ccc3OCC(C)(C)C)cc12. The first-order chi connectivity index (χ1) is 17.7. The van der Waals surface area contributed by atoms with Crippen molar-refractivity contribution in [3.05, 3.63) is 87.1 Å². The van der Waals surface area contributed by atoms with Crippen molar-refractivity contribution in [2.45, 2.75) is 20.8 Å². The van der Waals surface area contributed by atoms with E-state index in [0.717, 1.165) is 15.4 Å². The molecule has 188 valence electrons. The number of para-hydroxylation sites is 1. The number of halogens is 1. The maximum atomic E-state index is 13.6. The molecule has 37 heavy (non-hydrogen) atoms. The smallest absolute Gasteiger partial charge is 0.282 e. The van der Waals surface area contributed by atoms with Crippen LogP contribution in [0.15, 0.2) is 85.5 Å². The van der Waals surface area contributed by atoms with Crippen molar-refractivity contribution in [2.75, 3.05) is 13.7 Å². The van der Waals surface area contributed by atoms with Crippen molar-refractivity contribution < 1.29 is 13.9 Å². The highest BCUT2D eigenvalue weighted by Crippen LogP contribution is 2.33. The quantitative estimate of drug-likeness (QED) is 0.212.